The van der Waals surface area contributed by atoms with Crippen LogP contribution in [-0.2, 0) is 16.2 Å². The van der Waals surface area contributed by atoms with Gasteiger partial charge in [-0.3, -0.25) is 9.55 Å². The van der Waals surface area contributed by atoms with Crippen LogP contribution < -0.4 is 0 Å². The monoisotopic (exact) mass is 884 g/mol. The molecule has 9 rings (SSSR count). The Morgan fingerprint density at radius 1 is 0.537 bits per heavy atom. The van der Waals surface area contributed by atoms with Gasteiger partial charge < -0.3 is 5.11 Å². The lowest BCUT2D eigenvalue weighted by Gasteiger charge is -2.27. The molecule has 4 heteroatoms. The third kappa shape index (κ3) is 8.98. The molecule has 7 aromatic carbocycles. The van der Waals surface area contributed by atoms with Crippen molar-refractivity contribution in [3.63, 3.8) is 0 Å². The van der Waals surface area contributed by atoms with Crippen LogP contribution in [0.4, 0.5) is 0 Å². The number of rotatable bonds is 8. The summed E-state index contributed by atoms with van der Waals surface area (Å²) in [7, 11) is 0. The van der Waals surface area contributed by atoms with Crippen molar-refractivity contribution in [1.29, 1.82) is 0 Å². The smallest absolute Gasteiger partial charge is 0.149 e. The number of nitrogens with zero attached hydrogens (tertiary/aromatic N) is 3. The molecule has 336 valence electrons. The van der Waals surface area contributed by atoms with E-state index < -0.39 is 29.4 Å². The highest BCUT2D eigenvalue weighted by Crippen LogP contribution is 2.46. The summed E-state index contributed by atoms with van der Waals surface area (Å²) < 4.78 is 55.3. The highest BCUT2D eigenvalue weighted by Gasteiger charge is 2.29. The minimum atomic E-state index is -0.899. The Morgan fingerprint density at radius 2 is 1.22 bits per heavy atom. The number of aromatic hydroxyl groups is 1. The van der Waals surface area contributed by atoms with Crippen molar-refractivity contribution in [2.45, 2.75) is 98.3 Å². The number of imidazole rings is 1. The molecule has 0 saturated heterocycles. The lowest BCUT2D eigenvalue weighted by molar-refractivity contribution is 0.446. The van der Waals surface area contributed by atoms with Crippen molar-refractivity contribution >= 4 is 11.0 Å². The van der Waals surface area contributed by atoms with E-state index >= 15 is 0 Å². The van der Waals surface area contributed by atoms with E-state index in [-0.39, 0.29) is 34.2 Å². The van der Waals surface area contributed by atoms with E-state index in [2.05, 4.69) is 121 Å². The Hall–Kier alpha value is -7.04. The van der Waals surface area contributed by atoms with Crippen LogP contribution in [0.15, 0.2) is 170 Å². The van der Waals surface area contributed by atoms with Crippen LogP contribution in [0.5, 0.6) is 5.75 Å². The predicted octanol–water partition coefficient (Wildman–Crippen LogP) is 17.1. The molecule has 1 N–H and O–H groups in total. The van der Waals surface area contributed by atoms with E-state index in [0.717, 1.165) is 55.7 Å². The van der Waals surface area contributed by atoms with Crippen LogP contribution in [0.1, 0.15) is 113 Å². The van der Waals surface area contributed by atoms with E-state index in [0.29, 0.717) is 39.3 Å². The van der Waals surface area contributed by atoms with Gasteiger partial charge in [-0.1, -0.05) is 185 Å². The topological polar surface area (TPSA) is 50.9 Å². The number of phenols is 1. The zero-order valence-corrected chi connectivity index (χ0v) is 40.6. The Balaban J connectivity index is 1.38. The fourth-order valence-electron chi connectivity index (χ4n) is 8.86. The molecule has 67 heavy (non-hydrogen) atoms. The molecule has 0 saturated carbocycles. The van der Waals surface area contributed by atoms with Gasteiger partial charge in [-0.15, -0.1) is 0 Å². The van der Waals surface area contributed by atoms with Gasteiger partial charge in [0.1, 0.15) is 11.6 Å². The molecule has 0 bridgehead atoms. The average Bonchev–Trinajstić information content (AvgIpc) is 3.73. The summed E-state index contributed by atoms with van der Waals surface area (Å²) in [5.74, 6) is -0.252. The zero-order valence-electron chi connectivity index (χ0n) is 46.6. The molecule has 0 unspecified atom stereocenters. The fourth-order valence-corrected chi connectivity index (χ4v) is 8.86. The third-order valence-electron chi connectivity index (χ3n) is 12.8. The van der Waals surface area contributed by atoms with Crippen molar-refractivity contribution < 1.29 is 13.3 Å². The molecule has 0 atom stereocenters. The van der Waals surface area contributed by atoms with Crippen molar-refractivity contribution in [2.75, 3.05) is 0 Å². The van der Waals surface area contributed by atoms with E-state index in [4.69, 9.17) is 18.2 Å². The quantitative estimate of drug-likeness (QED) is 0.165. The Bertz CT molecular complexity index is 3580. The lowest BCUT2D eigenvalue weighted by Crippen LogP contribution is -2.17. The van der Waals surface area contributed by atoms with E-state index in [9.17, 15) is 5.11 Å². The van der Waals surface area contributed by atoms with Crippen molar-refractivity contribution in [3.05, 3.63) is 192 Å². The van der Waals surface area contributed by atoms with Crippen molar-refractivity contribution in [2.24, 2.45) is 0 Å². The number of benzene rings is 7. The number of hydrogen-bond acceptors (Lipinski definition) is 3. The largest absolute Gasteiger partial charge is 0.507 e. The number of para-hydroxylation sites is 1. The summed E-state index contributed by atoms with van der Waals surface area (Å²) in [4.78, 5) is 10.5. The predicted molar refractivity (Wildman–Crippen MR) is 283 cm³/mol. The minimum Gasteiger partial charge on any atom is -0.507 e. The molecular weight excluding hydrogens is 815 g/mol. The molecule has 0 fully saturated rings. The average molecular weight is 884 g/mol. The molecule has 2 aromatic heterocycles. The van der Waals surface area contributed by atoms with Gasteiger partial charge in [-0.25, -0.2) is 4.98 Å². The van der Waals surface area contributed by atoms with Crippen LogP contribution in [-0.4, -0.2) is 19.6 Å². The standard InChI is InChI=1S/C63H63N3O/c1-40(2)44-27-30-56(52(36-44)43-21-16-13-17-22-43)66-57-24-18-23-51(58(57)65-60(66)53-38-50(62(6,7)8)39-54(59(53)67)63(9,10)11)47-33-46(41-19-14-12-15-20-41)34-48(35-47)55-37-45(31-32-64-55)42-25-28-49(29-26-42)61(3,4)5/h12-40,67H,1-11H3/i12D,14D,15D,19D,20D,40D. The second-order valence-corrected chi connectivity index (χ2v) is 21.0. The maximum atomic E-state index is 12.6. The number of fused-ring (bicyclic) bond motifs is 1. The summed E-state index contributed by atoms with van der Waals surface area (Å²) in [6.07, 6.45) is 1.77. The van der Waals surface area contributed by atoms with Crippen molar-refractivity contribution in [1.82, 2.24) is 14.5 Å². The Kier molecular flexibility index (Phi) is 9.85. The van der Waals surface area contributed by atoms with Gasteiger partial charge in [0.15, 0.2) is 0 Å². The van der Waals surface area contributed by atoms with Gasteiger partial charge in [0.25, 0.3) is 0 Å². The van der Waals surface area contributed by atoms with Crippen LogP contribution in [0.2, 0.25) is 0 Å². The van der Waals surface area contributed by atoms with Gasteiger partial charge in [0.2, 0.25) is 0 Å². The summed E-state index contributed by atoms with van der Waals surface area (Å²) in [6.45, 7) is 23.1. The minimum absolute atomic E-state index is 0.0119. The lowest BCUT2D eigenvalue weighted by atomic mass is 9.79. The SMILES string of the molecule is [2H]c1c([2H])c([2H])c(-c2cc(-c3cc(-c4ccc(C(C)(C)C)cc4)ccn3)cc(-c3cccc4c3nc(-c3cc(C(C)(C)C)cc(C(C)(C)C)c3O)n4-c3ccc(C([2H])(C)C)cc3-c3ccccc3)c2)c([2H])c1[2H]. The molecule has 0 spiro atoms. The van der Waals surface area contributed by atoms with Crippen LogP contribution >= 0.6 is 0 Å². The second-order valence-electron chi connectivity index (χ2n) is 21.0. The Labute approximate surface area is 406 Å². The van der Waals surface area contributed by atoms with Gasteiger partial charge in [0.05, 0.1) is 34.8 Å². The van der Waals surface area contributed by atoms with E-state index in [1.807, 2.05) is 92.7 Å². The molecule has 0 aliphatic rings. The zero-order chi connectivity index (χ0) is 52.7. The number of hydrogen-bond donors (Lipinski definition) is 1. The maximum absolute atomic E-state index is 12.6. The maximum Gasteiger partial charge on any atom is 0.149 e. The van der Waals surface area contributed by atoms with Gasteiger partial charge in [-0.05, 0) is 127 Å². The molecular formula is C63H63N3O. The third-order valence-corrected chi connectivity index (χ3v) is 12.8. The number of aromatic nitrogens is 3. The number of pyridine rings is 1. The molecule has 9 aromatic rings. The summed E-state index contributed by atoms with van der Waals surface area (Å²) in [6, 6.07) is 42.7. The summed E-state index contributed by atoms with van der Waals surface area (Å²) >= 11 is 0. The molecule has 0 aliphatic heterocycles. The van der Waals surface area contributed by atoms with Crippen LogP contribution in [0.3, 0.4) is 0 Å². The second kappa shape index (κ2) is 17.3. The Morgan fingerprint density at radius 3 is 1.90 bits per heavy atom. The van der Waals surface area contributed by atoms with E-state index in [1.165, 1.54) is 5.56 Å². The molecule has 0 aliphatic carbocycles. The molecule has 2 heterocycles. The van der Waals surface area contributed by atoms with Gasteiger partial charge in [-0.2, -0.15) is 0 Å². The highest BCUT2D eigenvalue weighted by molar-refractivity contribution is 5.98. The first-order chi connectivity index (χ1) is 34.2. The first-order valence-corrected chi connectivity index (χ1v) is 23.1. The van der Waals surface area contributed by atoms with Gasteiger partial charge in [0, 0.05) is 29.8 Å². The first kappa shape index (κ1) is 38.1. The van der Waals surface area contributed by atoms with Crippen LogP contribution in [0, 0.1) is 0 Å². The van der Waals surface area contributed by atoms with Gasteiger partial charge >= 0.3 is 0 Å². The summed E-state index contributed by atoms with van der Waals surface area (Å²) in [5.41, 5.74) is 12.9. The number of phenolic OH excluding ortho intramolecular Hbond substituents is 1. The first-order valence-electron chi connectivity index (χ1n) is 26.1. The van der Waals surface area contributed by atoms with Crippen molar-refractivity contribution in [3.8, 4) is 78.6 Å². The normalized spacial score (nSPS) is 13.7. The van der Waals surface area contributed by atoms with Crippen LogP contribution in [0.25, 0.3) is 83.9 Å². The fraction of sp³-hybridized carbons (Fsp3) is 0.238. The molecule has 4 nitrogen and oxygen atoms in total. The highest BCUT2D eigenvalue weighted by atomic mass is 16.3. The summed E-state index contributed by atoms with van der Waals surface area (Å²) in [5, 5.41) is 12.6. The molecule has 0 amide bonds. The van der Waals surface area contributed by atoms with E-state index in [1.54, 1.807) is 6.20 Å². The molecule has 0 radical (unpaired) electrons.